The third kappa shape index (κ3) is 2.31. The van der Waals surface area contributed by atoms with E-state index >= 15 is 0 Å². The van der Waals surface area contributed by atoms with Crippen molar-refractivity contribution in [3.63, 3.8) is 0 Å². The van der Waals surface area contributed by atoms with Crippen molar-refractivity contribution in [2.45, 2.75) is 18.9 Å². The highest BCUT2D eigenvalue weighted by molar-refractivity contribution is 5.95. The maximum Gasteiger partial charge on any atom is 0.145 e. The lowest BCUT2D eigenvalue weighted by Gasteiger charge is -2.34. The van der Waals surface area contributed by atoms with Crippen LogP contribution >= 0.6 is 0 Å². The van der Waals surface area contributed by atoms with Crippen LogP contribution in [-0.4, -0.2) is 38.4 Å². The maximum atomic E-state index is 5.52. The largest absolute Gasteiger partial charge is 0.494 e. The summed E-state index contributed by atoms with van der Waals surface area (Å²) in [4.78, 5) is 6.85. The minimum Gasteiger partial charge on any atom is -0.494 e. The van der Waals surface area contributed by atoms with Crippen LogP contribution in [0, 0.1) is 0 Å². The zero-order valence-electron chi connectivity index (χ0n) is 12.0. The van der Waals surface area contributed by atoms with Gasteiger partial charge < -0.3 is 14.4 Å². The second kappa shape index (κ2) is 5.67. The van der Waals surface area contributed by atoms with Crippen LogP contribution in [0.4, 0.5) is 5.69 Å². The number of fused-ring (bicyclic) bond motifs is 1. The molecule has 0 spiro atoms. The van der Waals surface area contributed by atoms with E-state index in [0.29, 0.717) is 6.10 Å². The highest BCUT2D eigenvalue weighted by Gasteiger charge is 2.21. The lowest BCUT2D eigenvalue weighted by molar-refractivity contribution is 0.0894. The van der Waals surface area contributed by atoms with Crippen molar-refractivity contribution in [2.75, 3.05) is 32.2 Å². The van der Waals surface area contributed by atoms with Gasteiger partial charge in [-0.25, -0.2) is 0 Å². The van der Waals surface area contributed by atoms with Crippen LogP contribution in [0.3, 0.4) is 0 Å². The number of hydrogen-bond acceptors (Lipinski definition) is 4. The molecule has 3 rings (SSSR count). The molecule has 0 saturated carbocycles. The smallest absolute Gasteiger partial charge is 0.145 e. The molecule has 20 heavy (non-hydrogen) atoms. The number of ether oxygens (including phenoxy) is 2. The number of benzene rings is 1. The molecular formula is C16H20N2O2. The fraction of sp³-hybridized carbons (Fsp3) is 0.438. The van der Waals surface area contributed by atoms with E-state index in [0.717, 1.165) is 42.6 Å². The van der Waals surface area contributed by atoms with E-state index in [9.17, 15) is 0 Å². The van der Waals surface area contributed by atoms with Gasteiger partial charge in [0.2, 0.25) is 0 Å². The Morgan fingerprint density at radius 2 is 2.15 bits per heavy atom. The number of hydrogen-bond donors (Lipinski definition) is 0. The molecule has 1 atom stereocenters. The number of anilines is 1. The van der Waals surface area contributed by atoms with Crippen molar-refractivity contribution < 1.29 is 9.47 Å². The second-order valence-electron chi connectivity index (χ2n) is 5.13. The molecule has 0 radical (unpaired) electrons. The van der Waals surface area contributed by atoms with Crippen LogP contribution in [0.5, 0.6) is 5.75 Å². The van der Waals surface area contributed by atoms with Gasteiger partial charge in [-0.3, -0.25) is 4.98 Å². The van der Waals surface area contributed by atoms with Crippen LogP contribution in [0.2, 0.25) is 0 Å². The quantitative estimate of drug-likeness (QED) is 0.860. The van der Waals surface area contributed by atoms with E-state index in [2.05, 4.69) is 22.0 Å². The molecule has 1 aliphatic heterocycles. The minimum absolute atomic E-state index is 0.317. The first-order valence-corrected chi connectivity index (χ1v) is 7.03. The molecule has 1 aromatic heterocycles. The Kier molecular flexibility index (Phi) is 3.74. The molecule has 1 unspecified atom stereocenters. The van der Waals surface area contributed by atoms with Crippen molar-refractivity contribution in [3.05, 3.63) is 30.5 Å². The summed E-state index contributed by atoms with van der Waals surface area (Å²) in [5.41, 5.74) is 2.14. The van der Waals surface area contributed by atoms with Gasteiger partial charge in [-0.2, -0.15) is 0 Å². The molecule has 4 nitrogen and oxygen atoms in total. The number of aromatic nitrogens is 1. The van der Waals surface area contributed by atoms with Gasteiger partial charge in [-0.15, -0.1) is 0 Å². The standard InChI is InChI=1S/C16H20N2O2/c1-19-12-5-4-10-18(11-12)14-8-9-17-16-13(14)6-3-7-15(16)20-2/h3,6-9,12H,4-5,10-11H2,1-2H3. The summed E-state index contributed by atoms with van der Waals surface area (Å²) in [7, 11) is 3.48. The van der Waals surface area contributed by atoms with Crippen LogP contribution in [0.25, 0.3) is 10.9 Å². The lowest BCUT2D eigenvalue weighted by Crippen LogP contribution is -2.39. The minimum atomic E-state index is 0.317. The van der Waals surface area contributed by atoms with Crippen molar-refractivity contribution in [2.24, 2.45) is 0 Å². The molecule has 1 fully saturated rings. The summed E-state index contributed by atoms with van der Waals surface area (Å²) < 4.78 is 10.9. The predicted octanol–water partition coefficient (Wildman–Crippen LogP) is 2.86. The fourth-order valence-electron chi connectivity index (χ4n) is 2.92. The second-order valence-corrected chi connectivity index (χ2v) is 5.13. The zero-order chi connectivity index (χ0) is 13.9. The molecular weight excluding hydrogens is 252 g/mol. The average molecular weight is 272 g/mol. The molecule has 0 bridgehead atoms. The first-order chi connectivity index (χ1) is 9.83. The van der Waals surface area contributed by atoms with Crippen molar-refractivity contribution in [1.82, 2.24) is 4.98 Å². The molecule has 4 heteroatoms. The number of pyridine rings is 1. The zero-order valence-corrected chi connectivity index (χ0v) is 12.0. The molecule has 0 N–H and O–H groups in total. The molecule has 1 aromatic carbocycles. The van der Waals surface area contributed by atoms with Crippen molar-refractivity contribution in [1.29, 1.82) is 0 Å². The third-order valence-corrected chi connectivity index (χ3v) is 3.98. The van der Waals surface area contributed by atoms with Gasteiger partial charge >= 0.3 is 0 Å². The highest BCUT2D eigenvalue weighted by Crippen LogP contribution is 2.32. The van der Waals surface area contributed by atoms with E-state index in [1.54, 1.807) is 14.2 Å². The topological polar surface area (TPSA) is 34.6 Å². The average Bonchev–Trinajstić information content (AvgIpc) is 2.53. The number of methoxy groups -OCH3 is 2. The van der Waals surface area contributed by atoms with Crippen molar-refractivity contribution >= 4 is 16.6 Å². The van der Waals surface area contributed by atoms with E-state index in [4.69, 9.17) is 9.47 Å². The number of nitrogens with zero attached hydrogens (tertiary/aromatic N) is 2. The molecule has 2 aromatic rings. The van der Waals surface area contributed by atoms with Crippen LogP contribution in [0.15, 0.2) is 30.5 Å². The van der Waals surface area contributed by atoms with Crippen LogP contribution in [0.1, 0.15) is 12.8 Å². The summed E-state index contributed by atoms with van der Waals surface area (Å²) in [6, 6.07) is 8.16. The Hall–Kier alpha value is -1.81. The summed E-state index contributed by atoms with van der Waals surface area (Å²) in [6.07, 6.45) is 4.47. The van der Waals surface area contributed by atoms with Gasteiger partial charge in [-0.05, 0) is 25.0 Å². The van der Waals surface area contributed by atoms with E-state index in [1.807, 2.05) is 18.3 Å². The molecule has 0 amide bonds. The molecule has 0 aliphatic carbocycles. The van der Waals surface area contributed by atoms with E-state index < -0.39 is 0 Å². The van der Waals surface area contributed by atoms with Gasteiger partial charge in [0, 0.05) is 37.5 Å². The van der Waals surface area contributed by atoms with Crippen molar-refractivity contribution in [3.8, 4) is 5.75 Å². The maximum absolute atomic E-state index is 5.52. The van der Waals surface area contributed by atoms with Crippen LogP contribution in [-0.2, 0) is 4.74 Å². The van der Waals surface area contributed by atoms with Gasteiger partial charge in [0.25, 0.3) is 0 Å². The van der Waals surface area contributed by atoms with Gasteiger partial charge in [0.05, 0.1) is 13.2 Å². The number of rotatable bonds is 3. The number of para-hydroxylation sites is 1. The summed E-state index contributed by atoms with van der Waals surface area (Å²) in [6.45, 7) is 2.00. The van der Waals surface area contributed by atoms with E-state index in [1.165, 1.54) is 5.69 Å². The monoisotopic (exact) mass is 272 g/mol. The predicted molar refractivity (Wildman–Crippen MR) is 80.5 cm³/mol. The Balaban J connectivity index is 2.03. The first kappa shape index (κ1) is 13.2. The van der Waals surface area contributed by atoms with E-state index in [-0.39, 0.29) is 0 Å². The Labute approximate surface area is 119 Å². The van der Waals surface area contributed by atoms with Gasteiger partial charge in [-0.1, -0.05) is 12.1 Å². The Bertz CT molecular complexity index is 600. The highest BCUT2D eigenvalue weighted by atomic mass is 16.5. The summed E-state index contributed by atoms with van der Waals surface area (Å²) in [5, 5.41) is 1.14. The first-order valence-electron chi connectivity index (χ1n) is 7.03. The van der Waals surface area contributed by atoms with Crippen LogP contribution < -0.4 is 9.64 Å². The third-order valence-electron chi connectivity index (χ3n) is 3.98. The SMILES string of the molecule is COc1cccc2c(N3CCCC(OC)C3)ccnc12. The molecule has 2 heterocycles. The van der Waals surface area contributed by atoms with Gasteiger partial charge in [0.1, 0.15) is 11.3 Å². The molecule has 106 valence electrons. The Morgan fingerprint density at radius 1 is 1.25 bits per heavy atom. The number of piperidine rings is 1. The fourth-order valence-corrected chi connectivity index (χ4v) is 2.92. The summed E-state index contributed by atoms with van der Waals surface area (Å²) >= 11 is 0. The normalized spacial score (nSPS) is 19.3. The van der Waals surface area contributed by atoms with Gasteiger partial charge in [0.15, 0.2) is 0 Å². The lowest BCUT2D eigenvalue weighted by atomic mass is 10.1. The summed E-state index contributed by atoms with van der Waals surface area (Å²) in [5.74, 6) is 0.824. The molecule has 1 saturated heterocycles. The Morgan fingerprint density at radius 3 is 2.95 bits per heavy atom. The molecule has 1 aliphatic rings.